The van der Waals surface area contributed by atoms with Crippen LogP contribution in [-0.2, 0) is 10.0 Å². The summed E-state index contributed by atoms with van der Waals surface area (Å²) in [5.41, 5.74) is 0.826. The zero-order chi connectivity index (χ0) is 22.6. The Bertz CT molecular complexity index is 1120. The number of hydrogen-bond donors (Lipinski definition) is 1. The predicted molar refractivity (Wildman–Crippen MR) is 117 cm³/mol. The lowest BCUT2D eigenvalue weighted by Crippen LogP contribution is -2.59. The standard InChI is InChI=1S/C21H25ClF2N4O2S/c1-13-9-15(28-11-21(2,12-28)14-7-8-27(3)10-14)18(22)19(24)20(13)31(29,30)26-17-6-4-5-16(23)25-17/h4-6,9,14H,7-8,10-12H2,1-3H3,(H,25,26)/t14-/m1/s1. The number of aromatic nitrogens is 1. The van der Waals surface area contributed by atoms with Gasteiger partial charge in [0.2, 0.25) is 5.95 Å². The molecule has 4 rings (SSSR count). The Labute approximate surface area is 186 Å². The number of nitrogens with one attached hydrogen (secondary N) is 1. The molecule has 2 saturated heterocycles. The topological polar surface area (TPSA) is 65.5 Å². The second kappa shape index (κ2) is 7.86. The molecule has 0 bridgehead atoms. The van der Waals surface area contributed by atoms with Crippen molar-refractivity contribution in [3.8, 4) is 0 Å². The molecule has 0 radical (unpaired) electrons. The summed E-state index contributed by atoms with van der Waals surface area (Å²) in [6, 6.07) is 5.27. The van der Waals surface area contributed by atoms with Gasteiger partial charge < -0.3 is 9.80 Å². The number of benzene rings is 1. The molecule has 3 heterocycles. The zero-order valence-electron chi connectivity index (χ0n) is 17.6. The molecule has 6 nitrogen and oxygen atoms in total. The molecular weight excluding hydrogens is 446 g/mol. The number of likely N-dealkylation sites (tertiary alicyclic amines) is 1. The van der Waals surface area contributed by atoms with E-state index in [1.165, 1.54) is 19.1 Å². The number of hydrogen-bond acceptors (Lipinski definition) is 5. The molecule has 10 heteroatoms. The van der Waals surface area contributed by atoms with Gasteiger partial charge in [0.05, 0.1) is 5.69 Å². The van der Waals surface area contributed by atoms with Crippen LogP contribution in [-0.4, -0.2) is 51.5 Å². The molecule has 1 atom stereocenters. The van der Waals surface area contributed by atoms with Crippen LogP contribution >= 0.6 is 11.6 Å². The maximum Gasteiger partial charge on any atom is 0.266 e. The highest BCUT2D eigenvalue weighted by Crippen LogP contribution is 2.46. The molecule has 2 aliphatic rings. The predicted octanol–water partition coefficient (Wildman–Crippen LogP) is 3.90. The number of aryl methyl sites for hydroxylation is 1. The second-order valence-electron chi connectivity index (χ2n) is 8.88. The maximum absolute atomic E-state index is 15.2. The summed E-state index contributed by atoms with van der Waals surface area (Å²) >= 11 is 6.30. The van der Waals surface area contributed by atoms with Gasteiger partial charge in [0.15, 0.2) is 5.82 Å². The van der Waals surface area contributed by atoms with E-state index in [0.717, 1.165) is 38.7 Å². The third-order valence-electron chi connectivity index (χ3n) is 6.37. The third kappa shape index (κ3) is 4.10. The second-order valence-corrected chi connectivity index (χ2v) is 10.9. The van der Waals surface area contributed by atoms with Crippen molar-refractivity contribution in [1.82, 2.24) is 9.88 Å². The average molecular weight is 471 g/mol. The average Bonchev–Trinajstić information content (AvgIpc) is 3.08. The van der Waals surface area contributed by atoms with Crippen LogP contribution in [0.1, 0.15) is 18.9 Å². The number of rotatable bonds is 5. The van der Waals surface area contributed by atoms with Gasteiger partial charge in [-0.05, 0) is 56.6 Å². The van der Waals surface area contributed by atoms with Gasteiger partial charge in [-0.15, -0.1) is 0 Å². The van der Waals surface area contributed by atoms with E-state index >= 15 is 4.39 Å². The largest absolute Gasteiger partial charge is 0.369 e. The molecule has 168 valence electrons. The van der Waals surface area contributed by atoms with Crippen LogP contribution < -0.4 is 9.62 Å². The van der Waals surface area contributed by atoms with Gasteiger partial charge in [-0.1, -0.05) is 24.6 Å². The smallest absolute Gasteiger partial charge is 0.266 e. The van der Waals surface area contributed by atoms with E-state index in [9.17, 15) is 12.8 Å². The summed E-state index contributed by atoms with van der Waals surface area (Å²) in [6.45, 7) is 7.35. The molecule has 1 N–H and O–H groups in total. The van der Waals surface area contributed by atoms with E-state index in [-0.39, 0.29) is 21.8 Å². The number of anilines is 2. The van der Waals surface area contributed by atoms with Crippen LogP contribution in [0.15, 0.2) is 29.2 Å². The lowest BCUT2D eigenvalue weighted by atomic mass is 9.70. The van der Waals surface area contributed by atoms with Crippen molar-refractivity contribution < 1.29 is 17.2 Å². The Kier molecular flexibility index (Phi) is 5.64. The first-order chi connectivity index (χ1) is 14.5. The molecule has 31 heavy (non-hydrogen) atoms. The van der Waals surface area contributed by atoms with Gasteiger partial charge in [0.25, 0.3) is 10.0 Å². The Hall–Kier alpha value is -1.97. The first kappa shape index (κ1) is 22.2. The van der Waals surface area contributed by atoms with Gasteiger partial charge in [-0.2, -0.15) is 4.39 Å². The molecule has 2 fully saturated rings. The first-order valence-electron chi connectivity index (χ1n) is 10.1. The van der Waals surface area contributed by atoms with Crippen LogP contribution in [0.5, 0.6) is 0 Å². The highest BCUT2D eigenvalue weighted by atomic mass is 35.5. The fraction of sp³-hybridized carbons (Fsp3) is 0.476. The molecular formula is C21H25ClF2N4O2S. The van der Waals surface area contributed by atoms with Gasteiger partial charge in [-0.25, -0.2) is 17.8 Å². The summed E-state index contributed by atoms with van der Waals surface area (Å²) in [4.78, 5) is 7.22. The first-order valence-corrected chi connectivity index (χ1v) is 11.9. The van der Waals surface area contributed by atoms with E-state index < -0.39 is 26.7 Å². The van der Waals surface area contributed by atoms with Gasteiger partial charge in [-0.3, -0.25) is 4.72 Å². The molecule has 2 aliphatic heterocycles. The van der Waals surface area contributed by atoms with Crippen molar-refractivity contribution in [1.29, 1.82) is 0 Å². The Morgan fingerprint density at radius 1 is 1.29 bits per heavy atom. The van der Waals surface area contributed by atoms with Crippen LogP contribution in [0.2, 0.25) is 5.02 Å². The summed E-state index contributed by atoms with van der Waals surface area (Å²) in [5, 5.41) is -0.233. The van der Waals surface area contributed by atoms with Crippen molar-refractivity contribution in [2.75, 3.05) is 42.8 Å². The van der Waals surface area contributed by atoms with Crippen molar-refractivity contribution in [3.05, 3.63) is 46.6 Å². The summed E-state index contributed by atoms with van der Waals surface area (Å²) < 4.78 is 56.2. The quantitative estimate of drug-likeness (QED) is 0.671. The molecule has 0 unspecified atom stereocenters. The Balaban J connectivity index is 1.58. The Morgan fingerprint density at radius 3 is 2.61 bits per heavy atom. The van der Waals surface area contributed by atoms with Gasteiger partial charge >= 0.3 is 0 Å². The lowest BCUT2D eigenvalue weighted by Gasteiger charge is -2.53. The number of halogens is 3. The molecule has 0 amide bonds. The molecule has 0 aliphatic carbocycles. The monoisotopic (exact) mass is 470 g/mol. The van der Waals surface area contributed by atoms with E-state index in [1.54, 1.807) is 6.07 Å². The minimum atomic E-state index is -4.35. The highest BCUT2D eigenvalue weighted by Gasteiger charge is 2.47. The molecule has 2 aromatic rings. The molecule has 1 aromatic carbocycles. The van der Waals surface area contributed by atoms with Gasteiger partial charge in [0.1, 0.15) is 15.7 Å². The lowest BCUT2D eigenvalue weighted by molar-refractivity contribution is 0.139. The Morgan fingerprint density at radius 2 is 2.00 bits per heavy atom. The SMILES string of the molecule is Cc1cc(N2CC(C)([C@@H]3CCN(C)C3)C2)c(Cl)c(F)c1S(=O)(=O)Nc1cccc(F)n1. The normalized spacial score (nSPS) is 21.2. The number of nitrogens with zero attached hydrogens (tertiary/aromatic N) is 3. The van der Waals surface area contributed by atoms with Crippen LogP contribution in [0.4, 0.5) is 20.3 Å². The van der Waals surface area contributed by atoms with Crippen molar-refractivity contribution >= 4 is 33.1 Å². The van der Waals surface area contributed by atoms with Gasteiger partial charge in [0, 0.05) is 25.0 Å². The molecule has 1 aromatic heterocycles. The van der Waals surface area contributed by atoms with Crippen LogP contribution in [0.3, 0.4) is 0 Å². The number of sulfonamides is 1. The fourth-order valence-electron chi connectivity index (χ4n) is 4.69. The summed E-state index contributed by atoms with van der Waals surface area (Å²) in [6.07, 6.45) is 1.14. The fourth-order valence-corrected chi connectivity index (χ4v) is 6.33. The van der Waals surface area contributed by atoms with Crippen LogP contribution in [0.25, 0.3) is 0 Å². The highest BCUT2D eigenvalue weighted by molar-refractivity contribution is 7.92. The number of pyridine rings is 1. The van der Waals surface area contributed by atoms with E-state index in [2.05, 4.69) is 28.6 Å². The maximum atomic E-state index is 15.2. The molecule has 0 spiro atoms. The van der Waals surface area contributed by atoms with Crippen molar-refractivity contribution in [2.24, 2.45) is 11.3 Å². The van der Waals surface area contributed by atoms with Crippen molar-refractivity contribution in [3.63, 3.8) is 0 Å². The van der Waals surface area contributed by atoms with E-state index in [0.29, 0.717) is 11.6 Å². The van der Waals surface area contributed by atoms with Crippen LogP contribution in [0, 0.1) is 30.0 Å². The van der Waals surface area contributed by atoms with E-state index in [4.69, 9.17) is 11.6 Å². The zero-order valence-corrected chi connectivity index (χ0v) is 19.2. The minimum Gasteiger partial charge on any atom is -0.369 e. The molecule has 0 saturated carbocycles. The summed E-state index contributed by atoms with van der Waals surface area (Å²) in [7, 11) is -2.24. The minimum absolute atomic E-state index is 0.119. The third-order valence-corrected chi connectivity index (χ3v) is 8.25. The van der Waals surface area contributed by atoms with Crippen molar-refractivity contribution in [2.45, 2.75) is 25.2 Å². The summed E-state index contributed by atoms with van der Waals surface area (Å²) in [5.74, 6) is -1.53. The van der Waals surface area contributed by atoms with E-state index in [1.807, 2.05) is 4.90 Å².